The molecule has 1 atom stereocenters. The van der Waals surface area contributed by atoms with Crippen LogP contribution in [0.1, 0.15) is 18.4 Å². The molecular weight excluding hydrogens is 262 g/mol. The Kier molecular flexibility index (Phi) is 5.75. The summed E-state index contributed by atoms with van der Waals surface area (Å²) in [5.41, 5.74) is 0.370. The second kappa shape index (κ2) is 7.56. The summed E-state index contributed by atoms with van der Waals surface area (Å²) < 4.78 is 5.41. The van der Waals surface area contributed by atoms with Crippen LogP contribution in [0, 0.1) is 17.2 Å². The van der Waals surface area contributed by atoms with Gasteiger partial charge in [0.05, 0.1) is 6.07 Å². The zero-order valence-corrected chi connectivity index (χ0v) is 13.0. The fourth-order valence-electron chi connectivity index (χ4n) is 3.03. The largest absolute Gasteiger partial charge is 0.381 e. The fraction of sp³-hybridized carbons (Fsp3) is 0.588. The molecule has 0 aromatic heterocycles. The lowest BCUT2D eigenvalue weighted by Crippen LogP contribution is -2.48. The maximum Gasteiger partial charge on any atom is 0.144 e. The van der Waals surface area contributed by atoms with E-state index in [1.54, 1.807) is 0 Å². The molecular formula is C17H25N3O. The highest BCUT2D eigenvalue weighted by Crippen LogP contribution is 2.23. The van der Waals surface area contributed by atoms with E-state index in [2.05, 4.69) is 23.3 Å². The molecule has 1 unspecified atom stereocenters. The van der Waals surface area contributed by atoms with E-state index in [4.69, 9.17) is 4.74 Å². The first-order valence-corrected chi connectivity index (χ1v) is 7.62. The number of ether oxygens (including phenoxy) is 1. The molecule has 1 saturated heterocycles. The lowest BCUT2D eigenvalue weighted by molar-refractivity contribution is 0.0535. The van der Waals surface area contributed by atoms with Crippen LogP contribution in [0.4, 0.5) is 0 Å². The predicted molar refractivity (Wildman–Crippen MR) is 83.8 cm³/mol. The van der Waals surface area contributed by atoms with E-state index in [0.717, 1.165) is 38.2 Å². The van der Waals surface area contributed by atoms with Crippen molar-refractivity contribution in [3.63, 3.8) is 0 Å². The molecule has 1 heterocycles. The Morgan fingerprint density at radius 2 is 2.00 bits per heavy atom. The van der Waals surface area contributed by atoms with Gasteiger partial charge in [-0.1, -0.05) is 30.3 Å². The van der Waals surface area contributed by atoms with Crippen molar-refractivity contribution < 1.29 is 4.74 Å². The Hall–Kier alpha value is -1.41. The van der Waals surface area contributed by atoms with E-state index < -0.39 is 5.54 Å². The molecule has 0 radical (unpaired) electrons. The lowest BCUT2D eigenvalue weighted by Gasteiger charge is -2.34. The normalized spacial score (nSPS) is 19.1. The van der Waals surface area contributed by atoms with Crippen LogP contribution in [0.3, 0.4) is 0 Å². The molecule has 1 aromatic carbocycles. The summed E-state index contributed by atoms with van der Waals surface area (Å²) in [6.45, 7) is 3.43. The third kappa shape index (κ3) is 4.04. The van der Waals surface area contributed by atoms with Gasteiger partial charge in [0.15, 0.2) is 0 Å². The van der Waals surface area contributed by atoms with Gasteiger partial charge < -0.3 is 9.64 Å². The van der Waals surface area contributed by atoms with E-state index in [0.29, 0.717) is 12.5 Å². The van der Waals surface area contributed by atoms with Crippen molar-refractivity contribution in [2.24, 2.45) is 5.92 Å². The molecule has 4 heteroatoms. The van der Waals surface area contributed by atoms with Gasteiger partial charge in [-0.3, -0.25) is 5.32 Å². The topological polar surface area (TPSA) is 48.3 Å². The lowest BCUT2D eigenvalue weighted by atomic mass is 9.90. The van der Waals surface area contributed by atoms with Crippen molar-refractivity contribution in [2.75, 3.05) is 40.4 Å². The number of nitrogens with one attached hydrogen (secondary N) is 1. The fourth-order valence-corrected chi connectivity index (χ4v) is 3.03. The Balaban J connectivity index is 2.04. The minimum atomic E-state index is -0.652. The van der Waals surface area contributed by atoms with Crippen molar-refractivity contribution in [1.82, 2.24) is 10.2 Å². The SMILES string of the molecule is CNC(C#N)(CN(C)CC1CCOCC1)c1ccccc1. The van der Waals surface area contributed by atoms with Crippen LogP contribution in [0.25, 0.3) is 0 Å². The minimum Gasteiger partial charge on any atom is -0.381 e. The van der Waals surface area contributed by atoms with E-state index >= 15 is 0 Å². The first kappa shape index (κ1) is 16.0. The van der Waals surface area contributed by atoms with E-state index in [9.17, 15) is 5.26 Å². The second-order valence-corrected chi connectivity index (χ2v) is 5.89. The van der Waals surface area contributed by atoms with Gasteiger partial charge in [0.25, 0.3) is 0 Å². The first-order chi connectivity index (χ1) is 10.2. The summed E-state index contributed by atoms with van der Waals surface area (Å²) in [5.74, 6) is 0.674. The quantitative estimate of drug-likeness (QED) is 0.869. The standard InChI is InChI=1S/C17H25N3O/c1-19-17(13-18,16-6-4-3-5-7-16)14-20(2)12-15-8-10-21-11-9-15/h3-7,15,19H,8-12,14H2,1-2H3. The average molecular weight is 287 g/mol. The van der Waals surface area contributed by atoms with Gasteiger partial charge in [-0.15, -0.1) is 0 Å². The van der Waals surface area contributed by atoms with E-state index in [1.807, 2.05) is 37.4 Å². The molecule has 1 N–H and O–H groups in total. The highest BCUT2D eigenvalue weighted by Gasteiger charge is 2.32. The van der Waals surface area contributed by atoms with Crippen LogP contribution in [0.2, 0.25) is 0 Å². The summed E-state index contributed by atoms with van der Waals surface area (Å²) in [4.78, 5) is 2.27. The molecule has 0 aliphatic carbocycles. The molecule has 0 spiro atoms. The predicted octanol–water partition coefficient (Wildman–Crippen LogP) is 1.98. The highest BCUT2D eigenvalue weighted by molar-refractivity contribution is 5.31. The summed E-state index contributed by atoms with van der Waals surface area (Å²) in [6, 6.07) is 12.4. The minimum absolute atomic E-state index is 0.652. The van der Waals surface area contributed by atoms with Gasteiger partial charge in [0, 0.05) is 26.3 Å². The van der Waals surface area contributed by atoms with Crippen LogP contribution in [0.15, 0.2) is 30.3 Å². The maximum atomic E-state index is 9.73. The Morgan fingerprint density at radius 1 is 1.33 bits per heavy atom. The summed E-state index contributed by atoms with van der Waals surface area (Å²) in [6.07, 6.45) is 2.24. The van der Waals surface area contributed by atoms with Crippen LogP contribution in [0.5, 0.6) is 0 Å². The van der Waals surface area contributed by atoms with Crippen molar-refractivity contribution in [3.8, 4) is 6.07 Å². The molecule has 0 bridgehead atoms. The zero-order valence-electron chi connectivity index (χ0n) is 13.0. The molecule has 1 aromatic rings. The van der Waals surface area contributed by atoms with Gasteiger partial charge in [0.2, 0.25) is 0 Å². The van der Waals surface area contributed by atoms with Crippen molar-refractivity contribution >= 4 is 0 Å². The van der Waals surface area contributed by atoms with Crippen LogP contribution in [-0.4, -0.2) is 45.3 Å². The highest BCUT2D eigenvalue weighted by atomic mass is 16.5. The van der Waals surface area contributed by atoms with Crippen LogP contribution in [-0.2, 0) is 10.3 Å². The number of hydrogen-bond acceptors (Lipinski definition) is 4. The summed E-state index contributed by atoms with van der Waals surface area (Å²) in [7, 11) is 3.96. The number of benzene rings is 1. The van der Waals surface area contributed by atoms with Crippen molar-refractivity contribution in [2.45, 2.75) is 18.4 Å². The number of nitrogens with zero attached hydrogens (tertiary/aromatic N) is 2. The average Bonchev–Trinajstić information content (AvgIpc) is 2.54. The van der Waals surface area contributed by atoms with Crippen molar-refractivity contribution in [3.05, 3.63) is 35.9 Å². The molecule has 1 aliphatic heterocycles. The second-order valence-electron chi connectivity index (χ2n) is 5.89. The Bertz CT molecular complexity index is 465. The third-order valence-corrected chi connectivity index (χ3v) is 4.30. The van der Waals surface area contributed by atoms with Crippen molar-refractivity contribution in [1.29, 1.82) is 5.26 Å². The summed E-state index contributed by atoms with van der Waals surface area (Å²) >= 11 is 0. The summed E-state index contributed by atoms with van der Waals surface area (Å²) in [5, 5.41) is 12.9. The molecule has 21 heavy (non-hydrogen) atoms. The van der Waals surface area contributed by atoms with Gasteiger partial charge in [0.1, 0.15) is 5.54 Å². The van der Waals surface area contributed by atoms with Gasteiger partial charge >= 0.3 is 0 Å². The van der Waals surface area contributed by atoms with Gasteiger partial charge in [-0.25, -0.2) is 0 Å². The Labute approximate surface area is 127 Å². The molecule has 4 nitrogen and oxygen atoms in total. The van der Waals surface area contributed by atoms with E-state index in [1.165, 1.54) is 0 Å². The monoisotopic (exact) mass is 287 g/mol. The third-order valence-electron chi connectivity index (χ3n) is 4.30. The number of rotatable bonds is 6. The molecule has 1 aliphatic rings. The van der Waals surface area contributed by atoms with Crippen LogP contribution < -0.4 is 5.32 Å². The maximum absolute atomic E-state index is 9.73. The van der Waals surface area contributed by atoms with E-state index in [-0.39, 0.29) is 0 Å². The Morgan fingerprint density at radius 3 is 2.57 bits per heavy atom. The van der Waals surface area contributed by atoms with Gasteiger partial charge in [-0.2, -0.15) is 5.26 Å². The van der Waals surface area contributed by atoms with Gasteiger partial charge in [-0.05, 0) is 38.4 Å². The zero-order chi connectivity index (χ0) is 15.1. The number of likely N-dealkylation sites (N-methyl/N-ethyl adjacent to an activating group) is 2. The molecule has 114 valence electrons. The smallest absolute Gasteiger partial charge is 0.144 e. The number of hydrogen-bond donors (Lipinski definition) is 1. The number of nitriles is 1. The first-order valence-electron chi connectivity index (χ1n) is 7.62. The van der Waals surface area contributed by atoms with Crippen LogP contribution >= 0.6 is 0 Å². The molecule has 0 amide bonds. The molecule has 1 fully saturated rings. The molecule has 2 rings (SSSR count). The molecule has 0 saturated carbocycles.